The van der Waals surface area contributed by atoms with Gasteiger partial charge >= 0.3 is 0 Å². The summed E-state index contributed by atoms with van der Waals surface area (Å²) in [5.41, 5.74) is -2.13. The number of ether oxygens (including phenoxy) is 1. The molecular formula is C7H9FO4. The molecule has 4 atom stereocenters. The number of halogens is 1. The van der Waals surface area contributed by atoms with Crippen molar-refractivity contribution in [2.24, 2.45) is 0 Å². The van der Waals surface area contributed by atoms with Gasteiger partial charge in [0, 0.05) is 0 Å². The first-order valence-corrected chi connectivity index (χ1v) is 3.34. The maximum atomic E-state index is 12.3. The Labute approximate surface area is 68.6 Å². The molecule has 1 saturated heterocycles. The Bertz CT molecular complexity index is 212. The van der Waals surface area contributed by atoms with E-state index in [1.54, 1.807) is 5.92 Å². The average Bonchev–Trinajstić information content (AvgIpc) is 2.30. The highest BCUT2D eigenvalue weighted by molar-refractivity contribution is 5.18. The molecule has 0 aromatic heterocycles. The van der Waals surface area contributed by atoms with Crippen LogP contribution in [-0.2, 0) is 4.74 Å². The van der Waals surface area contributed by atoms with Gasteiger partial charge < -0.3 is 20.1 Å². The van der Waals surface area contributed by atoms with Crippen molar-refractivity contribution in [3.63, 3.8) is 0 Å². The lowest BCUT2D eigenvalue weighted by Gasteiger charge is -2.24. The summed E-state index contributed by atoms with van der Waals surface area (Å²) in [6.45, 7) is -0.285. The van der Waals surface area contributed by atoms with Gasteiger partial charge in [0.15, 0.2) is 11.7 Å². The molecule has 0 saturated carbocycles. The van der Waals surface area contributed by atoms with E-state index in [4.69, 9.17) is 16.6 Å². The van der Waals surface area contributed by atoms with Crippen LogP contribution in [-0.4, -0.2) is 46.1 Å². The largest absolute Gasteiger partial charge is 0.387 e. The van der Waals surface area contributed by atoms with E-state index in [1.807, 2.05) is 0 Å². The molecule has 0 aromatic carbocycles. The lowest BCUT2D eigenvalue weighted by atomic mass is 9.94. The Morgan fingerprint density at radius 1 is 1.75 bits per heavy atom. The maximum Gasteiger partial charge on any atom is 0.226 e. The summed E-state index contributed by atoms with van der Waals surface area (Å²) in [5.74, 6) is 1.80. The second-order valence-electron chi connectivity index (χ2n) is 2.61. The van der Waals surface area contributed by atoms with Crippen molar-refractivity contribution in [3.8, 4) is 12.3 Å². The summed E-state index contributed by atoms with van der Waals surface area (Å²) in [7, 11) is 0. The van der Waals surface area contributed by atoms with Gasteiger partial charge in [0.05, 0.1) is 6.61 Å². The molecular weight excluding hydrogens is 167 g/mol. The number of hydrogen-bond donors (Lipinski definition) is 3. The van der Waals surface area contributed by atoms with Gasteiger partial charge in [-0.05, 0) is 0 Å². The number of alkyl halides is 1. The smallest absolute Gasteiger partial charge is 0.226 e. The van der Waals surface area contributed by atoms with Crippen LogP contribution >= 0.6 is 0 Å². The molecule has 0 aromatic rings. The van der Waals surface area contributed by atoms with Crippen molar-refractivity contribution in [1.82, 2.24) is 0 Å². The van der Waals surface area contributed by atoms with E-state index in [2.05, 4.69) is 4.74 Å². The Balaban J connectivity index is 2.86. The summed E-state index contributed by atoms with van der Waals surface area (Å²) in [4.78, 5) is 0. The van der Waals surface area contributed by atoms with Crippen LogP contribution in [0.4, 0.5) is 4.39 Å². The topological polar surface area (TPSA) is 69.9 Å². The molecule has 0 radical (unpaired) electrons. The zero-order chi connectivity index (χ0) is 9.35. The van der Waals surface area contributed by atoms with E-state index in [0.717, 1.165) is 0 Å². The monoisotopic (exact) mass is 176 g/mol. The molecule has 68 valence electrons. The van der Waals surface area contributed by atoms with Crippen molar-refractivity contribution < 1.29 is 24.4 Å². The second-order valence-corrected chi connectivity index (χ2v) is 2.61. The molecule has 1 unspecified atom stereocenters. The summed E-state index contributed by atoms with van der Waals surface area (Å²) < 4.78 is 16.9. The zero-order valence-corrected chi connectivity index (χ0v) is 6.14. The number of rotatable bonds is 1. The van der Waals surface area contributed by atoms with Crippen LogP contribution in [0.2, 0.25) is 0 Å². The highest BCUT2D eigenvalue weighted by Gasteiger charge is 2.52. The Morgan fingerprint density at radius 2 is 2.33 bits per heavy atom. The minimum Gasteiger partial charge on any atom is -0.387 e. The molecule has 1 rings (SSSR count). The van der Waals surface area contributed by atoms with Crippen LogP contribution in [0.3, 0.4) is 0 Å². The Morgan fingerprint density at radius 3 is 2.67 bits per heavy atom. The van der Waals surface area contributed by atoms with E-state index >= 15 is 0 Å². The third-order valence-electron chi connectivity index (χ3n) is 1.86. The highest BCUT2D eigenvalue weighted by Crippen LogP contribution is 2.28. The molecule has 0 aliphatic carbocycles. The predicted molar refractivity (Wildman–Crippen MR) is 36.6 cm³/mol. The minimum absolute atomic E-state index is 0.285. The summed E-state index contributed by atoms with van der Waals surface area (Å²) >= 11 is 0. The Hall–Kier alpha value is -0.670. The lowest BCUT2D eigenvalue weighted by Crippen LogP contribution is -2.49. The van der Waals surface area contributed by atoms with E-state index in [0.29, 0.717) is 0 Å². The van der Waals surface area contributed by atoms with E-state index < -0.39 is 24.2 Å². The van der Waals surface area contributed by atoms with Gasteiger partial charge in [0.1, 0.15) is 6.10 Å². The second kappa shape index (κ2) is 2.99. The summed E-state index contributed by atoms with van der Waals surface area (Å²) in [5, 5.41) is 26.9. The average molecular weight is 176 g/mol. The molecule has 1 aliphatic heterocycles. The highest BCUT2D eigenvalue weighted by atomic mass is 19.1. The zero-order valence-electron chi connectivity index (χ0n) is 6.14. The maximum absolute atomic E-state index is 12.3. The van der Waals surface area contributed by atoms with Crippen molar-refractivity contribution in [1.29, 1.82) is 0 Å². The fraction of sp³-hybridized carbons (Fsp3) is 0.714. The first-order chi connectivity index (χ1) is 5.52. The molecule has 0 spiro atoms. The van der Waals surface area contributed by atoms with E-state index in [1.165, 1.54) is 0 Å². The molecule has 3 N–H and O–H groups in total. The van der Waals surface area contributed by atoms with Gasteiger partial charge in [0.2, 0.25) is 6.36 Å². The van der Waals surface area contributed by atoms with Crippen LogP contribution in [0, 0.1) is 12.3 Å². The third kappa shape index (κ3) is 1.19. The normalized spacial score (nSPS) is 43.9. The number of hydrogen-bond acceptors (Lipinski definition) is 4. The quantitative estimate of drug-likeness (QED) is 0.421. The third-order valence-corrected chi connectivity index (χ3v) is 1.86. The van der Waals surface area contributed by atoms with Crippen LogP contribution in [0.25, 0.3) is 0 Å². The minimum atomic E-state index is -2.40. The number of aliphatic hydroxyl groups is 3. The van der Waals surface area contributed by atoms with Crippen LogP contribution in [0.15, 0.2) is 0 Å². The van der Waals surface area contributed by atoms with Crippen LogP contribution in [0.5, 0.6) is 0 Å². The van der Waals surface area contributed by atoms with Gasteiger partial charge in [-0.2, -0.15) is 0 Å². The van der Waals surface area contributed by atoms with Gasteiger partial charge in [-0.3, -0.25) is 0 Å². The number of terminal acetylenes is 1. The number of aliphatic hydroxyl groups excluding tert-OH is 2. The van der Waals surface area contributed by atoms with Crippen LogP contribution < -0.4 is 0 Å². The summed E-state index contributed by atoms with van der Waals surface area (Å²) in [6.07, 6.45) is -0.466. The molecule has 0 amide bonds. The molecule has 4 nitrogen and oxygen atoms in total. The van der Waals surface area contributed by atoms with Gasteiger partial charge in [-0.25, -0.2) is 4.39 Å². The van der Waals surface area contributed by atoms with Crippen LogP contribution in [0.1, 0.15) is 0 Å². The molecule has 1 aliphatic rings. The fourth-order valence-electron chi connectivity index (χ4n) is 1.11. The van der Waals surface area contributed by atoms with Crippen molar-refractivity contribution >= 4 is 0 Å². The van der Waals surface area contributed by atoms with E-state index in [-0.39, 0.29) is 6.61 Å². The SMILES string of the molecule is C#C[C@@]1(O)[C@@H](C(O)F)OC[C@@H]1O. The molecule has 0 bridgehead atoms. The van der Waals surface area contributed by atoms with Crippen molar-refractivity contribution in [3.05, 3.63) is 0 Å². The van der Waals surface area contributed by atoms with E-state index in [9.17, 15) is 9.50 Å². The first-order valence-electron chi connectivity index (χ1n) is 3.34. The molecule has 5 heteroatoms. The van der Waals surface area contributed by atoms with Crippen molar-refractivity contribution in [2.45, 2.75) is 24.2 Å². The fourth-order valence-corrected chi connectivity index (χ4v) is 1.11. The first kappa shape index (κ1) is 9.42. The predicted octanol–water partition coefficient (Wildman–Crippen LogP) is -1.60. The Kier molecular flexibility index (Phi) is 2.35. The van der Waals surface area contributed by atoms with Gasteiger partial charge in [-0.1, -0.05) is 5.92 Å². The molecule has 12 heavy (non-hydrogen) atoms. The van der Waals surface area contributed by atoms with Gasteiger partial charge in [0.25, 0.3) is 0 Å². The lowest BCUT2D eigenvalue weighted by molar-refractivity contribution is -0.131. The molecule has 1 heterocycles. The van der Waals surface area contributed by atoms with Gasteiger partial charge in [-0.15, -0.1) is 6.42 Å². The summed E-state index contributed by atoms with van der Waals surface area (Å²) in [6, 6.07) is 0. The van der Waals surface area contributed by atoms with Crippen molar-refractivity contribution in [2.75, 3.05) is 6.61 Å². The molecule has 1 fully saturated rings. The standard InChI is InChI=1S/C7H9FO4/c1-2-7(11)4(9)3-12-5(7)6(8)10/h1,4-6,9-11H,3H2/t4-,5+,6?,7-/m0/s1.